The van der Waals surface area contributed by atoms with Crippen molar-refractivity contribution >= 4 is 39.7 Å². The van der Waals surface area contributed by atoms with Crippen molar-refractivity contribution in [2.45, 2.75) is 32.4 Å². The number of halogens is 1. The Morgan fingerprint density at radius 3 is 2.68 bits per heavy atom. The van der Waals surface area contributed by atoms with Crippen molar-refractivity contribution < 1.29 is 0 Å². The van der Waals surface area contributed by atoms with Crippen LogP contribution < -0.4 is 10.2 Å². The predicted molar refractivity (Wildman–Crippen MR) is 108 cm³/mol. The standard InChI is InChI=1S/C20H22ClN3S/c21-19-9-8-17(25-19)14-22-13-16-12-15-6-2-3-7-18(15)23-20(16)24-10-4-1-5-11-24/h2-3,6-9,12,22H,1,4-5,10-11,13-14H2. The smallest absolute Gasteiger partial charge is 0.133 e. The molecule has 2 aromatic heterocycles. The summed E-state index contributed by atoms with van der Waals surface area (Å²) < 4.78 is 0.846. The van der Waals surface area contributed by atoms with Crippen LogP contribution in [0.25, 0.3) is 10.9 Å². The lowest BCUT2D eigenvalue weighted by molar-refractivity contribution is 0.570. The van der Waals surface area contributed by atoms with E-state index in [1.54, 1.807) is 11.3 Å². The molecule has 1 fully saturated rings. The summed E-state index contributed by atoms with van der Waals surface area (Å²) in [5, 5.41) is 4.77. The molecule has 0 bridgehead atoms. The zero-order valence-corrected chi connectivity index (χ0v) is 15.7. The molecule has 5 heteroatoms. The number of para-hydroxylation sites is 1. The highest BCUT2D eigenvalue weighted by Gasteiger charge is 2.17. The summed E-state index contributed by atoms with van der Waals surface area (Å²) in [7, 11) is 0. The summed E-state index contributed by atoms with van der Waals surface area (Å²) in [4.78, 5) is 8.71. The van der Waals surface area contributed by atoms with E-state index in [1.807, 2.05) is 6.07 Å². The van der Waals surface area contributed by atoms with Crippen LogP contribution in [-0.4, -0.2) is 18.1 Å². The molecule has 1 aliphatic rings. The summed E-state index contributed by atoms with van der Waals surface area (Å²) in [6, 6.07) is 14.7. The number of fused-ring (bicyclic) bond motifs is 1. The van der Waals surface area contributed by atoms with E-state index in [2.05, 4.69) is 46.6 Å². The SMILES string of the molecule is Clc1ccc(CNCc2cc3ccccc3nc2N2CCCCC2)s1. The van der Waals surface area contributed by atoms with Crippen molar-refractivity contribution in [2.24, 2.45) is 0 Å². The van der Waals surface area contributed by atoms with Crippen molar-refractivity contribution in [3.05, 3.63) is 57.2 Å². The minimum Gasteiger partial charge on any atom is -0.356 e. The van der Waals surface area contributed by atoms with E-state index < -0.39 is 0 Å². The van der Waals surface area contributed by atoms with E-state index in [4.69, 9.17) is 16.6 Å². The molecule has 0 amide bonds. The molecule has 130 valence electrons. The highest BCUT2D eigenvalue weighted by atomic mass is 35.5. The average molecular weight is 372 g/mol. The average Bonchev–Trinajstić information content (AvgIpc) is 3.07. The van der Waals surface area contributed by atoms with Gasteiger partial charge >= 0.3 is 0 Å². The van der Waals surface area contributed by atoms with Crippen LogP contribution >= 0.6 is 22.9 Å². The van der Waals surface area contributed by atoms with Gasteiger partial charge in [-0.1, -0.05) is 29.8 Å². The van der Waals surface area contributed by atoms with Gasteiger partial charge in [-0.3, -0.25) is 0 Å². The van der Waals surface area contributed by atoms with Crippen molar-refractivity contribution in [1.82, 2.24) is 10.3 Å². The molecule has 1 aliphatic heterocycles. The number of piperidine rings is 1. The molecular formula is C20H22ClN3S. The number of benzene rings is 1. The molecule has 3 heterocycles. The quantitative estimate of drug-likeness (QED) is 0.665. The number of pyridine rings is 1. The molecule has 1 N–H and O–H groups in total. The topological polar surface area (TPSA) is 28.2 Å². The van der Waals surface area contributed by atoms with E-state index in [-0.39, 0.29) is 0 Å². The second-order valence-corrected chi connectivity index (χ2v) is 8.32. The molecule has 25 heavy (non-hydrogen) atoms. The molecule has 0 atom stereocenters. The molecule has 1 saturated heterocycles. The molecular weight excluding hydrogens is 350 g/mol. The molecule has 3 nitrogen and oxygen atoms in total. The van der Waals surface area contributed by atoms with Crippen molar-refractivity contribution in [1.29, 1.82) is 0 Å². The fourth-order valence-corrected chi connectivity index (χ4v) is 4.48. The van der Waals surface area contributed by atoms with Crippen LogP contribution in [0, 0.1) is 0 Å². The van der Waals surface area contributed by atoms with Gasteiger partial charge in [0.05, 0.1) is 9.85 Å². The summed E-state index contributed by atoms with van der Waals surface area (Å²) in [6.45, 7) is 3.88. The van der Waals surface area contributed by atoms with Gasteiger partial charge in [-0.05, 0) is 43.5 Å². The molecule has 1 aromatic carbocycles. The van der Waals surface area contributed by atoms with Crippen LogP contribution in [0.15, 0.2) is 42.5 Å². The van der Waals surface area contributed by atoms with Crippen molar-refractivity contribution in [3.63, 3.8) is 0 Å². The lowest BCUT2D eigenvalue weighted by atomic mass is 10.1. The third-order valence-electron chi connectivity index (χ3n) is 4.68. The Kier molecular flexibility index (Phi) is 5.20. The highest BCUT2D eigenvalue weighted by molar-refractivity contribution is 7.16. The van der Waals surface area contributed by atoms with Gasteiger partial charge in [0.1, 0.15) is 5.82 Å². The Labute approximate surface area is 157 Å². The Morgan fingerprint density at radius 1 is 1.04 bits per heavy atom. The molecule has 0 aliphatic carbocycles. The van der Waals surface area contributed by atoms with E-state index in [1.165, 1.54) is 35.1 Å². The maximum absolute atomic E-state index is 6.02. The van der Waals surface area contributed by atoms with Gasteiger partial charge in [-0.2, -0.15) is 0 Å². The van der Waals surface area contributed by atoms with Gasteiger partial charge in [-0.15, -0.1) is 11.3 Å². The van der Waals surface area contributed by atoms with Crippen LogP contribution in [-0.2, 0) is 13.1 Å². The van der Waals surface area contributed by atoms with E-state index >= 15 is 0 Å². The summed E-state index contributed by atoms with van der Waals surface area (Å²) in [6.07, 6.45) is 3.85. The molecule has 0 unspecified atom stereocenters. The zero-order valence-electron chi connectivity index (χ0n) is 14.2. The minimum atomic E-state index is 0.819. The molecule has 4 rings (SSSR count). The van der Waals surface area contributed by atoms with Crippen LogP contribution in [0.4, 0.5) is 5.82 Å². The van der Waals surface area contributed by atoms with Crippen LogP contribution in [0.1, 0.15) is 29.7 Å². The second-order valence-electron chi connectivity index (χ2n) is 6.52. The maximum atomic E-state index is 6.02. The third-order valence-corrected chi connectivity index (χ3v) is 5.91. The van der Waals surface area contributed by atoms with Gasteiger partial charge < -0.3 is 10.2 Å². The Morgan fingerprint density at radius 2 is 1.88 bits per heavy atom. The Balaban J connectivity index is 1.58. The molecule has 3 aromatic rings. The van der Waals surface area contributed by atoms with Crippen LogP contribution in [0.3, 0.4) is 0 Å². The van der Waals surface area contributed by atoms with Crippen LogP contribution in [0.2, 0.25) is 4.34 Å². The van der Waals surface area contributed by atoms with Gasteiger partial charge in [0.25, 0.3) is 0 Å². The summed E-state index contributed by atoms with van der Waals surface area (Å²) >= 11 is 7.66. The fourth-order valence-electron chi connectivity index (χ4n) is 3.43. The molecule has 0 radical (unpaired) electrons. The van der Waals surface area contributed by atoms with Crippen molar-refractivity contribution in [3.8, 4) is 0 Å². The van der Waals surface area contributed by atoms with Gasteiger partial charge in [0, 0.05) is 42.0 Å². The van der Waals surface area contributed by atoms with Gasteiger partial charge in [0.15, 0.2) is 0 Å². The number of aromatic nitrogens is 1. The van der Waals surface area contributed by atoms with Crippen molar-refractivity contribution in [2.75, 3.05) is 18.0 Å². The number of hydrogen-bond acceptors (Lipinski definition) is 4. The number of nitrogens with one attached hydrogen (secondary N) is 1. The fraction of sp³-hybridized carbons (Fsp3) is 0.350. The van der Waals surface area contributed by atoms with E-state index in [0.717, 1.165) is 41.8 Å². The number of rotatable bonds is 5. The Bertz CT molecular complexity index is 855. The van der Waals surface area contributed by atoms with Crippen LogP contribution in [0.5, 0.6) is 0 Å². The number of anilines is 1. The number of thiophene rings is 1. The largest absolute Gasteiger partial charge is 0.356 e. The predicted octanol–water partition coefficient (Wildman–Crippen LogP) is 5.23. The monoisotopic (exact) mass is 371 g/mol. The van der Waals surface area contributed by atoms with E-state index in [9.17, 15) is 0 Å². The normalized spacial score (nSPS) is 15.0. The first-order chi connectivity index (χ1) is 12.3. The zero-order chi connectivity index (χ0) is 17.1. The third kappa shape index (κ3) is 3.97. The van der Waals surface area contributed by atoms with E-state index in [0.29, 0.717) is 0 Å². The van der Waals surface area contributed by atoms with Gasteiger partial charge in [-0.25, -0.2) is 4.98 Å². The number of hydrogen-bond donors (Lipinski definition) is 1. The summed E-state index contributed by atoms with van der Waals surface area (Å²) in [5.74, 6) is 1.15. The minimum absolute atomic E-state index is 0.819. The lowest BCUT2D eigenvalue weighted by Crippen LogP contribution is -2.31. The van der Waals surface area contributed by atoms with Gasteiger partial charge in [0.2, 0.25) is 0 Å². The molecule has 0 spiro atoms. The highest BCUT2D eigenvalue weighted by Crippen LogP contribution is 2.27. The Hall–Kier alpha value is -1.62. The second kappa shape index (κ2) is 7.73. The first-order valence-electron chi connectivity index (χ1n) is 8.88. The molecule has 0 saturated carbocycles. The first kappa shape index (κ1) is 16.8. The first-order valence-corrected chi connectivity index (χ1v) is 10.1. The maximum Gasteiger partial charge on any atom is 0.133 e. The number of nitrogens with zero attached hydrogens (tertiary/aromatic N) is 2. The lowest BCUT2D eigenvalue weighted by Gasteiger charge is -2.30. The summed E-state index contributed by atoms with van der Waals surface area (Å²) in [5.41, 5.74) is 2.36.